The number of amides is 2. The second kappa shape index (κ2) is 11.4. The van der Waals surface area contributed by atoms with Crippen molar-refractivity contribution in [2.75, 3.05) is 37.0 Å². The molecule has 0 bridgehead atoms. The molecule has 0 N–H and O–H groups in total. The largest absolute Gasteiger partial charge is 0.365 e. The Labute approximate surface area is 196 Å². The Morgan fingerprint density at radius 1 is 1.03 bits per heavy atom. The number of carbonyl (C=O) groups is 2. The molecule has 2 rings (SSSR count). The van der Waals surface area contributed by atoms with Gasteiger partial charge in [-0.2, -0.15) is 29.8 Å². The second-order valence-corrected chi connectivity index (χ2v) is 8.46. The van der Waals surface area contributed by atoms with Gasteiger partial charge in [-0.15, -0.1) is 0 Å². The van der Waals surface area contributed by atoms with E-state index >= 15 is 0 Å². The van der Waals surface area contributed by atoms with Crippen LogP contribution >= 0.6 is 25.3 Å². The highest BCUT2D eigenvalue weighted by molar-refractivity contribution is 7.81. The van der Waals surface area contributed by atoms with Crippen molar-refractivity contribution in [3.63, 3.8) is 0 Å². The van der Waals surface area contributed by atoms with Crippen molar-refractivity contribution in [3.05, 3.63) is 59.9 Å². The van der Waals surface area contributed by atoms with Crippen LogP contribution in [0.1, 0.15) is 25.1 Å². The summed E-state index contributed by atoms with van der Waals surface area (Å²) < 4.78 is 2.18. The maximum absolute atomic E-state index is 12.6. The predicted octanol–water partition coefficient (Wildman–Crippen LogP) is 3.45. The summed E-state index contributed by atoms with van der Waals surface area (Å²) in [5.74, 6) is 0.138. The number of thiol groups is 2. The van der Waals surface area contributed by atoms with Crippen molar-refractivity contribution >= 4 is 54.9 Å². The fourth-order valence-corrected chi connectivity index (χ4v) is 3.72. The first-order valence-electron chi connectivity index (χ1n) is 10.3. The molecular weight excluding hydrogens is 426 g/mol. The second-order valence-electron chi connectivity index (χ2n) is 7.83. The number of rotatable bonds is 9. The van der Waals surface area contributed by atoms with Gasteiger partial charge >= 0.3 is 0 Å². The van der Waals surface area contributed by atoms with Gasteiger partial charge in [-0.05, 0) is 43.7 Å². The van der Waals surface area contributed by atoms with E-state index in [1.54, 1.807) is 6.92 Å². The van der Waals surface area contributed by atoms with Gasteiger partial charge in [0, 0.05) is 49.5 Å². The van der Waals surface area contributed by atoms with Crippen molar-refractivity contribution in [1.82, 2.24) is 4.90 Å². The summed E-state index contributed by atoms with van der Waals surface area (Å²) >= 11 is 8.49. The third-order valence-corrected chi connectivity index (χ3v) is 6.76. The summed E-state index contributed by atoms with van der Waals surface area (Å²) in [4.78, 5) is 28.3. The number of likely N-dealkylation sites (N-methyl/N-ethyl adjacent to an activating group) is 2. The molecular formula is C24H32N3O2S2+. The van der Waals surface area contributed by atoms with Crippen LogP contribution in [0.4, 0.5) is 5.69 Å². The minimum atomic E-state index is -0.766. The van der Waals surface area contributed by atoms with E-state index in [0.717, 1.165) is 23.5 Å². The molecule has 1 aromatic carbocycles. The Morgan fingerprint density at radius 3 is 2.26 bits per heavy atom. The fourth-order valence-electron chi connectivity index (χ4n) is 3.05. The molecule has 0 unspecified atom stereocenters. The van der Waals surface area contributed by atoms with Crippen molar-refractivity contribution in [3.8, 4) is 0 Å². The van der Waals surface area contributed by atoms with E-state index in [9.17, 15) is 9.59 Å². The number of aryl methyl sites for hydroxylation is 1. The van der Waals surface area contributed by atoms with Crippen LogP contribution in [0, 0.1) is 5.41 Å². The van der Waals surface area contributed by atoms with Crippen LogP contribution < -0.4 is 9.47 Å². The lowest BCUT2D eigenvalue weighted by atomic mass is 9.94. The van der Waals surface area contributed by atoms with Crippen molar-refractivity contribution in [2.45, 2.75) is 20.4 Å². The van der Waals surface area contributed by atoms with E-state index in [4.69, 9.17) is 0 Å². The van der Waals surface area contributed by atoms with E-state index in [1.165, 1.54) is 11.9 Å². The molecule has 166 valence electrons. The van der Waals surface area contributed by atoms with Crippen LogP contribution in [0.25, 0.3) is 12.2 Å². The van der Waals surface area contributed by atoms with Gasteiger partial charge in [-0.25, -0.2) is 0 Å². The number of benzene rings is 1. The number of carbonyl (C=O) groups excluding carboxylic acids is 2. The molecule has 1 heterocycles. The first-order chi connectivity index (χ1) is 14.8. The molecule has 0 aliphatic heterocycles. The van der Waals surface area contributed by atoms with Crippen LogP contribution in [0.15, 0.2) is 48.7 Å². The minimum absolute atomic E-state index is 0.104. The molecule has 0 saturated carbocycles. The van der Waals surface area contributed by atoms with Gasteiger partial charge < -0.3 is 4.90 Å². The normalized spacial score (nSPS) is 11.5. The van der Waals surface area contributed by atoms with Crippen LogP contribution in [-0.2, 0) is 16.1 Å². The highest BCUT2D eigenvalue weighted by Crippen LogP contribution is 2.23. The molecule has 0 spiro atoms. The summed E-state index contributed by atoms with van der Waals surface area (Å²) in [6.07, 6.45) is 6.22. The monoisotopic (exact) mass is 458 g/mol. The maximum Gasteiger partial charge on any atom is 0.248 e. The number of imide groups is 1. The highest BCUT2D eigenvalue weighted by atomic mass is 32.1. The number of nitrogens with zero attached hydrogens (tertiary/aromatic N) is 3. The van der Waals surface area contributed by atoms with Crippen molar-refractivity contribution in [1.29, 1.82) is 0 Å². The van der Waals surface area contributed by atoms with Crippen LogP contribution in [0.2, 0.25) is 0 Å². The summed E-state index contributed by atoms with van der Waals surface area (Å²) in [6, 6.07) is 14.1. The van der Waals surface area contributed by atoms with E-state index in [0.29, 0.717) is 11.5 Å². The van der Waals surface area contributed by atoms with Gasteiger partial charge in [-0.1, -0.05) is 12.1 Å². The van der Waals surface area contributed by atoms with E-state index in [1.807, 2.05) is 48.3 Å². The first-order valence-corrected chi connectivity index (χ1v) is 11.5. The van der Waals surface area contributed by atoms with Crippen molar-refractivity contribution < 1.29 is 14.2 Å². The van der Waals surface area contributed by atoms with E-state index < -0.39 is 5.41 Å². The summed E-state index contributed by atoms with van der Waals surface area (Å²) in [7, 11) is 3.36. The molecule has 0 radical (unpaired) electrons. The Balaban J connectivity index is 2.03. The molecule has 0 atom stereocenters. The van der Waals surface area contributed by atoms with E-state index in [-0.39, 0.29) is 18.4 Å². The molecule has 0 saturated heterocycles. The molecule has 1 aromatic heterocycles. The lowest BCUT2D eigenvalue weighted by molar-refractivity contribution is -0.695. The van der Waals surface area contributed by atoms with Gasteiger partial charge in [0.05, 0.1) is 12.0 Å². The minimum Gasteiger partial charge on any atom is -0.365 e. The zero-order valence-electron chi connectivity index (χ0n) is 18.7. The Bertz CT molecular complexity index is 925. The first kappa shape index (κ1) is 25.0. The summed E-state index contributed by atoms with van der Waals surface area (Å²) in [6.45, 7) is 4.90. The van der Waals surface area contributed by atoms with Gasteiger partial charge in [0.1, 0.15) is 6.54 Å². The van der Waals surface area contributed by atoms with Crippen molar-refractivity contribution in [2.24, 2.45) is 5.41 Å². The Morgan fingerprint density at radius 2 is 1.68 bits per heavy atom. The average Bonchev–Trinajstić information content (AvgIpc) is 2.81. The smallest absolute Gasteiger partial charge is 0.248 e. The lowest BCUT2D eigenvalue weighted by Crippen LogP contribution is -2.48. The van der Waals surface area contributed by atoms with Crippen LogP contribution in [0.3, 0.4) is 0 Å². The van der Waals surface area contributed by atoms with Crippen LogP contribution in [-0.4, -0.2) is 48.9 Å². The zero-order valence-corrected chi connectivity index (χ0v) is 20.4. The maximum atomic E-state index is 12.6. The summed E-state index contributed by atoms with van der Waals surface area (Å²) in [5, 5.41) is 0. The number of hydrogen-bond donors (Lipinski definition) is 2. The van der Waals surface area contributed by atoms with E-state index in [2.05, 4.69) is 61.2 Å². The van der Waals surface area contributed by atoms with Gasteiger partial charge in [0.15, 0.2) is 6.20 Å². The predicted molar refractivity (Wildman–Crippen MR) is 135 cm³/mol. The highest BCUT2D eigenvalue weighted by Gasteiger charge is 2.35. The molecule has 2 amide bonds. The Hall–Kier alpha value is -2.25. The van der Waals surface area contributed by atoms with Crippen LogP contribution in [0.5, 0.6) is 0 Å². The molecule has 31 heavy (non-hydrogen) atoms. The number of anilines is 1. The Kier molecular flexibility index (Phi) is 9.19. The molecule has 2 aromatic rings. The SMILES string of the molecule is CC[n+]1ccccc1/C=C/c1ccc(N(C)CC(=O)N(C)C(=O)C(C)(CS)CS)cc1. The topological polar surface area (TPSA) is 44.5 Å². The van der Waals surface area contributed by atoms with Gasteiger partial charge in [0.25, 0.3) is 0 Å². The fraction of sp³-hybridized carbons (Fsp3) is 0.375. The number of aromatic nitrogens is 1. The number of pyridine rings is 1. The summed E-state index contributed by atoms with van der Waals surface area (Å²) in [5.41, 5.74) is 2.35. The zero-order chi connectivity index (χ0) is 23.0. The standard InChI is InChI=1S/C24H31N3O2S2/c1-5-27-15-7-6-8-21(27)14-11-19-9-12-20(13-10-19)25(3)16-22(28)26(4)23(29)24(2,17-30)18-31/h6-15H,5,16-18H2,1-4H3,(H-,30,31)/p+1. The van der Waals surface area contributed by atoms with Gasteiger partial charge in [0.2, 0.25) is 17.5 Å². The lowest BCUT2D eigenvalue weighted by Gasteiger charge is -2.30. The molecule has 5 nitrogen and oxygen atoms in total. The average molecular weight is 459 g/mol. The molecule has 0 aliphatic carbocycles. The molecule has 7 heteroatoms. The third-order valence-electron chi connectivity index (χ3n) is 5.36. The molecule has 0 aliphatic rings. The van der Waals surface area contributed by atoms with Gasteiger partial charge in [-0.3, -0.25) is 14.5 Å². The third kappa shape index (κ3) is 6.37. The quantitative estimate of drug-likeness (QED) is 0.447. The molecule has 0 fully saturated rings. The number of hydrogen-bond acceptors (Lipinski definition) is 5.